The Morgan fingerprint density at radius 3 is 2.95 bits per heavy atom. The number of nitrogens with zero attached hydrogens (tertiary/aromatic N) is 3. The molecule has 0 aliphatic heterocycles. The van der Waals surface area contributed by atoms with Crippen molar-refractivity contribution in [3.05, 3.63) is 41.5 Å². The van der Waals surface area contributed by atoms with Crippen LogP contribution in [0.3, 0.4) is 0 Å². The van der Waals surface area contributed by atoms with Gasteiger partial charge in [-0.2, -0.15) is 5.10 Å². The number of aliphatic hydroxyl groups excluding tert-OH is 1. The zero-order valence-corrected chi connectivity index (χ0v) is 11.6. The number of benzene rings is 1. The van der Waals surface area contributed by atoms with Crippen molar-refractivity contribution in [3.63, 3.8) is 0 Å². The summed E-state index contributed by atoms with van der Waals surface area (Å²) < 4.78 is 7.51. The maximum atomic E-state index is 8.70. The highest BCUT2D eigenvalue weighted by molar-refractivity contribution is 5.44. The van der Waals surface area contributed by atoms with Gasteiger partial charge in [-0.3, -0.25) is 0 Å². The molecule has 0 spiro atoms. The SMILES string of the molecule is CCn1ncnc1COc1ccc(C#CCO)c(C)c1. The lowest BCUT2D eigenvalue weighted by Gasteiger charge is -2.08. The molecule has 5 heteroatoms. The largest absolute Gasteiger partial charge is 0.486 e. The van der Waals surface area contributed by atoms with Gasteiger partial charge in [0.2, 0.25) is 0 Å². The van der Waals surface area contributed by atoms with E-state index in [4.69, 9.17) is 9.84 Å². The second-order valence-electron chi connectivity index (χ2n) is 4.22. The van der Waals surface area contributed by atoms with Crippen LogP contribution in [0.5, 0.6) is 5.75 Å². The van der Waals surface area contributed by atoms with Crippen LogP contribution in [0.4, 0.5) is 0 Å². The highest BCUT2D eigenvalue weighted by atomic mass is 16.5. The second kappa shape index (κ2) is 6.73. The average Bonchev–Trinajstić information content (AvgIpc) is 2.91. The molecule has 2 rings (SSSR count). The maximum Gasteiger partial charge on any atom is 0.164 e. The van der Waals surface area contributed by atoms with Gasteiger partial charge in [0.25, 0.3) is 0 Å². The van der Waals surface area contributed by atoms with E-state index in [2.05, 4.69) is 21.9 Å². The fourth-order valence-electron chi connectivity index (χ4n) is 1.81. The predicted molar refractivity (Wildman–Crippen MR) is 75.2 cm³/mol. The standard InChI is InChI=1S/C15H17N3O2/c1-3-18-15(16-11-17-18)10-20-14-7-6-13(5-4-8-19)12(2)9-14/h6-7,9,11,19H,3,8,10H2,1-2H3. The maximum absolute atomic E-state index is 8.70. The summed E-state index contributed by atoms with van der Waals surface area (Å²) >= 11 is 0. The van der Waals surface area contributed by atoms with Crippen LogP contribution in [0.2, 0.25) is 0 Å². The molecule has 0 aliphatic rings. The molecular weight excluding hydrogens is 254 g/mol. The van der Waals surface area contributed by atoms with Crippen molar-refractivity contribution >= 4 is 0 Å². The summed E-state index contributed by atoms with van der Waals surface area (Å²) in [4.78, 5) is 4.16. The Bertz CT molecular complexity index is 638. The van der Waals surface area contributed by atoms with Gasteiger partial charge in [0, 0.05) is 12.1 Å². The second-order valence-corrected chi connectivity index (χ2v) is 4.22. The molecule has 5 nitrogen and oxygen atoms in total. The van der Waals surface area contributed by atoms with Crippen LogP contribution >= 0.6 is 0 Å². The van der Waals surface area contributed by atoms with Gasteiger partial charge >= 0.3 is 0 Å². The molecule has 0 radical (unpaired) electrons. The Hall–Kier alpha value is -2.32. The molecule has 0 amide bonds. The fourth-order valence-corrected chi connectivity index (χ4v) is 1.81. The Kier molecular flexibility index (Phi) is 4.75. The summed E-state index contributed by atoms with van der Waals surface area (Å²) in [6, 6.07) is 5.67. The molecule has 1 aromatic carbocycles. The van der Waals surface area contributed by atoms with Crippen LogP contribution in [0, 0.1) is 18.8 Å². The van der Waals surface area contributed by atoms with Gasteiger partial charge in [0.15, 0.2) is 5.82 Å². The molecule has 1 N–H and O–H groups in total. The molecule has 1 aromatic heterocycles. The minimum Gasteiger partial charge on any atom is -0.486 e. The number of hydrogen-bond donors (Lipinski definition) is 1. The zero-order valence-electron chi connectivity index (χ0n) is 11.6. The van der Waals surface area contributed by atoms with E-state index in [1.165, 1.54) is 6.33 Å². The average molecular weight is 271 g/mol. The van der Waals surface area contributed by atoms with Gasteiger partial charge in [-0.05, 0) is 37.6 Å². The summed E-state index contributed by atoms with van der Waals surface area (Å²) in [5, 5.41) is 12.8. The van der Waals surface area contributed by atoms with Gasteiger partial charge in [0.1, 0.15) is 25.3 Å². The molecule has 0 aliphatic carbocycles. The first kappa shape index (κ1) is 14.1. The Morgan fingerprint density at radius 1 is 1.40 bits per heavy atom. The Balaban J connectivity index is 2.05. The zero-order chi connectivity index (χ0) is 14.4. The van der Waals surface area contributed by atoms with E-state index in [0.29, 0.717) is 6.61 Å². The molecule has 2 aromatic rings. The molecule has 0 atom stereocenters. The van der Waals surface area contributed by atoms with Crippen LogP contribution in [0.15, 0.2) is 24.5 Å². The van der Waals surface area contributed by atoms with Gasteiger partial charge in [0.05, 0.1) is 0 Å². The van der Waals surface area contributed by atoms with Gasteiger partial charge in [-0.25, -0.2) is 9.67 Å². The summed E-state index contributed by atoms with van der Waals surface area (Å²) in [7, 11) is 0. The number of aliphatic hydroxyl groups is 1. The van der Waals surface area contributed by atoms with Crippen LogP contribution in [-0.2, 0) is 13.2 Å². The molecule has 0 bridgehead atoms. The van der Waals surface area contributed by atoms with E-state index in [1.54, 1.807) is 4.68 Å². The van der Waals surface area contributed by atoms with E-state index in [-0.39, 0.29) is 6.61 Å². The van der Waals surface area contributed by atoms with Crippen molar-refractivity contribution in [2.24, 2.45) is 0 Å². The van der Waals surface area contributed by atoms with E-state index in [9.17, 15) is 0 Å². The van der Waals surface area contributed by atoms with Crippen molar-refractivity contribution in [1.82, 2.24) is 14.8 Å². The third kappa shape index (κ3) is 3.37. The number of aromatic nitrogens is 3. The molecular formula is C15H17N3O2. The topological polar surface area (TPSA) is 60.2 Å². The minimum absolute atomic E-state index is 0.135. The summed E-state index contributed by atoms with van der Waals surface area (Å²) in [6.07, 6.45) is 1.53. The van der Waals surface area contributed by atoms with Crippen LogP contribution in [0.1, 0.15) is 23.9 Å². The molecule has 104 valence electrons. The first-order valence-corrected chi connectivity index (χ1v) is 6.44. The monoisotopic (exact) mass is 271 g/mol. The summed E-state index contributed by atoms with van der Waals surface area (Å²) in [5.41, 5.74) is 1.91. The van der Waals surface area contributed by atoms with Gasteiger partial charge < -0.3 is 9.84 Å². The number of aryl methyl sites for hydroxylation is 2. The van der Waals surface area contributed by atoms with Crippen LogP contribution in [-0.4, -0.2) is 26.5 Å². The van der Waals surface area contributed by atoms with Crippen molar-refractivity contribution in [2.75, 3.05) is 6.61 Å². The first-order chi connectivity index (χ1) is 9.74. The minimum atomic E-state index is -0.135. The normalized spacial score (nSPS) is 9.95. The molecule has 0 unspecified atom stereocenters. The van der Waals surface area contributed by atoms with Gasteiger partial charge in [-0.15, -0.1) is 0 Å². The lowest BCUT2D eigenvalue weighted by Crippen LogP contribution is -2.07. The van der Waals surface area contributed by atoms with Crippen molar-refractivity contribution < 1.29 is 9.84 Å². The van der Waals surface area contributed by atoms with Crippen molar-refractivity contribution in [1.29, 1.82) is 0 Å². The number of rotatable bonds is 4. The van der Waals surface area contributed by atoms with Crippen LogP contribution < -0.4 is 4.74 Å². The smallest absolute Gasteiger partial charge is 0.164 e. The molecule has 20 heavy (non-hydrogen) atoms. The van der Waals surface area contributed by atoms with E-state index in [1.807, 2.05) is 32.0 Å². The molecule has 0 saturated heterocycles. The third-order valence-electron chi connectivity index (χ3n) is 2.86. The third-order valence-corrected chi connectivity index (χ3v) is 2.86. The highest BCUT2D eigenvalue weighted by Gasteiger charge is 2.04. The lowest BCUT2D eigenvalue weighted by atomic mass is 10.1. The number of ether oxygens (including phenoxy) is 1. The summed E-state index contributed by atoms with van der Waals surface area (Å²) in [6.45, 7) is 4.99. The predicted octanol–water partition coefficient (Wildman–Crippen LogP) is 1.53. The first-order valence-electron chi connectivity index (χ1n) is 6.44. The van der Waals surface area contributed by atoms with Gasteiger partial charge in [-0.1, -0.05) is 11.8 Å². The quantitative estimate of drug-likeness (QED) is 0.857. The lowest BCUT2D eigenvalue weighted by molar-refractivity contribution is 0.287. The van der Waals surface area contributed by atoms with E-state index < -0.39 is 0 Å². The van der Waals surface area contributed by atoms with Crippen molar-refractivity contribution in [3.8, 4) is 17.6 Å². The van der Waals surface area contributed by atoms with E-state index >= 15 is 0 Å². The van der Waals surface area contributed by atoms with Crippen LogP contribution in [0.25, 0.3) is 0 Å². The van der Waals surface area contributed by atoms with E-state index in [0.717, 1.165) is 29.2 Å². The summed E-state index contributed by atoms with van der Waals surface area (Å²) in [5.74, 6) is 7.10. The Morgan fingerprint density at radius 2 is 2.25 bits per heavy atom. The van der Waals surface area contributed by atoms with Crippen molar-refractivity contribution in [2.45, 2.75) is 27.0 Å². The molecule has 0 saturated carbocycles. The number of hydrogen-bond acceptors (Lipinski definition) is 4. The fraction of sp³-hybridized carbons (Fsp3) is 0.333. The Labute approximate surface area is 118 Å². The molecule has 0 fully saturated rings. The molecule has 1 heterocycles. The highest BCUT2D eigenvalue weighted by Crippen LogP contribution is 2.17.